The molecule has 1 amide bonds. The predicted molar refractivity (Wildman–Crippen MR) is 116 cm³/mol. The fourth-order valence-electron chi connectivity index (χ4n) is 4.14. The zero-order valence-electron chi connectivity index (χ0n) is 17.6. The largest absolute Gasteiger partial charge is 0.348 e. The molecule has 1 aliphatic rings. The molecule has 3 heteroatoms. The lowest BCUT2D eigenvalue weighted by Gasteiger charge is -2.30. The highest BCUT2D eigenvalue weighted by atomic mass is 16.1. The lowest BCUT2D eigenvalue weighted by molar-refractivity contribution is 0.0951. The monoisotopic (exact) mass is 378 g/mol. The molecule has 1 aliphatic heterocycles. The van der Waals surface area contributed by atoms with Gasteiger partial charge in [-0.1, -0.05) is 51.1 Å². The average molecular weight is 379 g/mol. The van der Waals surface area contributed by atoms with Crippen molar-refractivity contribution in [3.8, 4) is 0 Å². The summed E-state index contributed by atoms with van der Waals surface area (Å²) in [5, 5.41) is 3.10. The molecule has 1 saturated heterocycles. The minimum atomic E-state index is 0.00194. The maximum absolute atomic E-state index is 12.6. The molecule has 0 spiro atoms. The van der Waals surface area contributed by atoms with E-state index in [4.69, 9.17) is 0 Å². The Hall–Kier alpha value is -2.13. The molecule has 3 nitrogen and oxygen atoms in total. The Bertz CT molecular complexity index is 782. The van der Waals surface area contributed by atoms with E-state index in [0.717, 1.165) is 30.9 Å². The van der Waals surface area contributed by atoms with Crippen LogP contribution in [0.25, 0.3) is 0 Å². The number of benzene rings is 2. The number of amides is 1. The molecule has 150 valence electrons. The van der Waals surface area contributed by atoms with Crippen molar-refractivity contribution in [1.82, 2.24) is 10.2 Å². The van der Waals surface area contributed by atoms with E-state index >= 15 is 0 Å². The second-order valence-corrected chi connectivity index (χ2v) is 8.17. The van der Waals surface area contributed by atoms with E-state index in [1.54, 1.807) is 0 Å². The summed E-state index contributed by atoms with van der Waals surface area (Å²) < 4.78 is 0. The van der Waals surface area contributed by atoms with Crippen molar-refractivity contribution in [1.29, 1.82) is 0 Å². The van der Waals surface area contributed by atoms with Gasteiger partial charge < -0.3 is 5.32 Å². The third-order valence-corrected chi connectivity index (χ3v) is 5.86. The van der Waals surface area contributed by atoms with Gasteiger partial charge in [-0.05, 0) is 72.5 Å². The molecule has 0 saturated carbocycles. The standard InChI is InChI=1S/C25H34N2O/c1-4-20-8-11-22(5-2)24(15-20)16-26-25(28)23-12-9-21(10-13-23)18-27-14-6-7-19(3)17-27/h8-13,15,19H,4-7,14,16-18H2,1-3H3,(H,26,28)/t19-/m0/s1. The molecule has 0 aliphatic carbocycles. The van der Waals surface area contributed by atoms with E-state index in [9.17, 15) is 4.79 Å². The number of nitrogens with one attached hydrogen (secondary N) is 1. The van der Waals surface area contributed by atoms with Crippen molar-refractivity contribution in [3.05, 3.63) is 70.3 Å². The van der Waals surface area contributed by atoms with Crippen LogP contribution in [0.3, 0.4) is 0 Å². The molecule has 28 heavy (non-hydrogen) atoms. The van der Waals surface area contributed by atoms with E-state index in [1.807, 2.05) is 12.1 Å². The first kappa shape index (κ1) is 20.6. The van der Waals surface area contributed by atoms with E-state index in [1.165, 1.54) is 48.2 Å². The number of hydrogen-bond acceptors (Lipinski definition) is 2. The summed E-state index contributed by atoms with van der Waals surface area (Å²) in [7, 11) is 0. The third kappa shape index (κ3) is 5.45. The minimum absolute atomic E-state index is 0.00194. The van der Waals surface area contributed by atoms with E-state index in [-0.39, 0.29) is 5.91 Å². The van der Waals surface area contributed by atoms with Crippen LogP contribution < -0.4 is 5.32 Å². The highest BCUT2D eigenvalue weighted by molar-refractivity contribution is 5.94. The Morgan fingerprint density at radius 2 is 1.79 bits per heavy atom. The molecule has 0 unspecified atom stereocenters. The van der Waals surface area contributed by atoms with Crippen LogP contribution in [0.4, 0.5) is 0 Å². The summed E-state index contributed by atoms with van der Waals surface area (Å²) in [5.41, 5.74) is 5.88. The summed E-state index contributed by atoms with van der Waals surface area (Å²) in [4.78, 5) is 15.1. The van der Waals surface area contributed by atoms with Gasteiger partial charge in [0, 0.05) is 25.2 Å². The number of carbonyl (C=O) groups excluding carboxylic acids is 1. The van der Waals surface area contributed by atoms with Crippen LogP contribution >= 0.6 is 0 Å². The number of likely N-dealkylation sites (tertiary alicyclic amines) is 1. The molecular formula is C25H34N2O. The average Bonchev–Trinajstić information content (AvgIpc) is 2.72. The summed E-state index contributed by atoms with van der Waals surface area (Å²) in [6.07, 6.45) is 4.64. The first-order valence-corrected chi connectivity index (χ1v) is 10.8. The van der Waals surface area contributed by atoms with Gasteiger partial charge in [-0.15, -0.1) is 0 Å². The summed E-state index contributed by atoms with van der Waals surface area (Å²) in [6.45, 7) is 10.6. The molecule has 0 bridgehead atoms. The van der Waals surface area contributed by atoms with Crippen molar-refractivity contribution >= 4 is 5.91 Å². The highest BCUT2D eigenvalue weighted by Gasteiger charge is 2.16. The fraction of sp³-hybridized carbons (Fsp3) is 0.480. The van der Waals surface area contributed by atoms with Crippen LogP contribution in [0.2, 0.25) is 0 Å². The second-order valence-electron chi connectivity index (χ2n) is 8.17. The van der Waals surface area contributed by atoms with Gasteiger partial charge in [0.15, 0.2) is 0 Å². The van der Waals surface area contributed by atoms with Gasteiger partial charge in [0.25, 0.3) is 5.91 Å². The Morgan fingerprint density at radius 3 is 2.46 bits per heavy atom. The van der Waals surface area contributed by atoms with Gasteiger partial charge in [0.2, 0.25) is 0 Å². The maximum Gasteiger partial charge on any atom is 0.251 e. The van der Waals surface area contributed by atoms with Gasteiger partial charge in [-0.2, -0.15) is 0 Å². The summed E-state index contributed by atoms with van der Waals surface area (Å²) in [5.74, 6) is 0.792. The normalized spacial score (nSPS) is 17.5. The van der Waals surface area contributed by atoms with Crippen molar-refractivity contribution in [2.75, 3.05) is 13.1 Å². The molecule has 0 aromatic heterocycles. The molecule has 1 fully saturated rings. The fourth-order valence-corrected chi connectivity index (χ4v) is 4.14. The van der Waals surface area contributed by atoms with Gasteiger partial charge in [-0.3, -0.25) is 9.69 Å². The van der Waals surface area contributed by atoms with Crippen LogP contribution in [-0.4, -0.2) is 23.9 Å². The number of aryl methyl sites for hydroxylation is 2. The molecule has 2 aromatic rings. The van der Waals surface area contributed by atoms with Crippen molar-refractivity contribution < 1.29 is 4.79 Å². The third-order valence-electron chi connectivity index (χ3n) is 5.86. The van der Waals surface area contributed by atoms with Crippen LogP contribution in [-0.2, 0) is 25.9 Å². The van der Waals surface area contributed by atoms with Gasteiger partial charge in [0.1, 0.15) is 0 Å². The van der Waals surface area contributed by atoms with E-state index in [2.05, 4.69) is 61.3 Å². The molecule has 1 N–H and O–H groups in total. The number of carbonyl (C=O) groups is 1. The Kier molecular flexibility index (Phi) is 7.27. The highest BCUT2D eigenvalue weighted by Crippen LogP contribution is 2.18. The predicted octanol–water partition coefficient (Wildman–Crippen LogP) is 4.97. The van der Waals surface area contributed by atoms with Crippen LogP contribution in [0, 0.1) is 5.92 Å². The smallest absolute Gasteiger partial charge is 0.251 e. The molecule has 1 atom stereocenters. The number of hydrogen-bond donors (Lipinski definition) is 1. The first-order valence-electron chi connectivity index (χ1n) is 10.8. The molecular weight excluding hydrogens is 344 g/mol. The Labute approximate surface area is 170 Å². The van der Waals surface area contributed by atoms with Crippen LogP contribution in [0.15, 0.2) is 42.5 Å². The zero-order chi connectivity index (χ0) is 19.9. The minimum Gasteiger partial charge on any atom is -0.348 e. The van der Waals surface area contributed by atoms with Gasteiger partial charge in [-0.25, -0.2) is 0 Å². The Balaban J connectivity index is 1.57. The van der Waals surface area contributed by atoms with Crippen molar-refractivity contribution in [3.63, 3.8) is 0 Å². The molecule has 2 aromatic carbocycles. The van der Waals surface area contributed by atoms with Gasteiger partial charge in [0.05, 0.1) is 0 Å². The van der Waals surface area contributed by atoms with Crippen molar-refractivity contribution in [2.24, 2.45) is 5.92 Å². The van der Waals surface area contributed by atoms with Crippen molar-refractivity contribution in [2.45, 2.75) is 59.5 Å². The summed E-state index contributed by atoms with van der Waals surface area (Å²) >= 11 is 0. The maximum atomic E-state index is 12.6. The summed E-state index contributed by atoms with van der Waals surface area (Å²) in [6, 6.07) is 14.7. The number of nitrogens with zero attached hydrogens (tertiary/aromatic N) is 1. The van der Waals surface area contributed by atoms with Gasteiger partial charge >= 0.3 is 0 Å². The van der Waals surface area contributed by atoms with E-state index < -0.39 is 0 Å². The molecule has 1 heterocycles. The SMILES string of the molecule is CCc1ccc(CC)c(CNC(=O)c2ccc(CN3CCC[C@H](C)C3)cc2)c1. The molecule has 0 radical (unpaired) electrons. The second kappa shape index (κ2) is 9.88. The van der Waals surface area contributed by atoms with Crippen LogP contribution in [0.5, 0.6) is 0 Å². The first-order chi connectivity index (χ1) is 13.6. The number of piperidine rings is 1. The van der Waals surface area contributed by atoms with Crippen LogP contribution in [0.1, 0.15) is 66.2 Å². The molecule has 3 rings (SSSR count). The quantitative estimate of drug-likeness (QED) is 0.737. The van der Waals surface area contributed by atoms with E-state index in [0.29, 0.717) is 6.54 Å². The zero-order valence-corrected chi connectivity index (χ0v) is 17.6. The number of rotatable bonds is 7. The Morgan fingerprint density at radius 1 is 1.04 bits per heavy atom. The lowest BCUT2D eigenvalue weighted by atomic mass is 9.99. The topological polar surface area (TPSA) is 32.3 Å². The lowest BCUT2D eigenvalue weighted by Crippen LogP contribution is -2.33.